The number of pyridine rings is 1. The summed E-state index contributed by atoms with van der Waals surface area (Å²) in [4.78, 5) is 7.24. The van der Waals surface area contributed by atoms with Gasteiger partial charge < -0.3 is 4.98 Å². The number of nitrogens with one attached hydrogen (secondary N) is 1. The van der Waals surface area contributed by atoms with Gasteiger partial charge in [-0.15, -0.1) is 0 Å². The van der Waals surface area contributed by atoms with Gasteiger partial charge in [-0.3, -0.25) is 4.98 Å². The molecule has 2 aromatic heterocycles. The van der Waals surface area contributed by atoms with Crippen molar-refractivity contribution in [3.8, 4) is 11.3 Å². The highest BCUT2D eigenvalue weighted by molar-refractivity contribution is 5.94. The maximum atomic E-state index is 12.8. The molecule has 0 amide bonds. The highest BCUT2D eigenvalue weighted by Crippen LogP contribution is 2.26. The molecular weight excluding hydrogens is 203 g/mol. The molecule has 0 saturated heterocycles. The first-order chi connectivity index (χ1) is 7.84. The summed E-state index contributed by atoms with van der Waals surface area (Å²) in [6, 6.07) is 11.1. The number of hydrogen-bond donors (Lipinski definition) is 1. The Morgan fingerprint density at radius 1 is 1.06 bits per heavy atom. The van der Waals surface area contributed by atoms with E-state index in [4.69, 9.17) is 0 Å². The van der Waals surface area contributed by atoms with E-state index in [0.717, 1.165) is 22.2 Å². The van der Waals surface area contributed by atoms with E-state index in [1.165, 1.54) is 12.3 Å². The van der Waals surface area contributed by atoms with Crippen LogP contribution in [-0.4, -0.2) is 9.97 Å². The number of aromatic nitrogens is 2. The Balaban J connectivity index is 2.22. The van der Waals surface area contributed by atoms with Crippen LogP contribution in [0.3, 0.4) is 0 Å². The van der Waals surface area contributed by atoms with Crippen LogP contribution < -0.4 is 0 Å². The fourth-order valence-electron chi connectivity index (χ4n) is 1.82. The van der Waals surface area contributed by atoms with Crippen molar-refractivity contribution in [2.45, 2.75) is 0 Å². The SMILES string of the molecule is Fc1ccc(-c2c[nH]c3ccccc23)nc1. The first kappa shape index (κ1) is 9.09. The monoisotopic (exact) mass is 212 g/mol. The average Bonchev–Trinajstić information content (AvgIpc) is 2.74. The third-order valence-corrected chi connectivity index (χ3v) is 2.59. The van der Waals surface area contributed by atoms with Gasteiger partial charge in [0.25, 0.3) is 0 Å². The molecule has 1 N–H and O–H groups in total. The lowest BCUT2D eigenvalue weighted by atomic mass is 10.1. The second kappa shape index (κ2) is 3.45. The lowest BCUT2D eigenvalue weighted by Gasteiger charge is -1.97. The van der Waals surface area contributed by atoms with E-state index in [-0.39, 0.29) is 5.82 Å². The van der Waals surface area contributed by atoms with Crippen LogP contribution in [0.5, 0.6) is 0 Å². The molecule has 0 spiro atoms. The Morgan fingerprint density at radius 2 is 1.94 bits per heavy atom. The second-order valence-electron chi connectivity index (χ2n) is 3.61. The summed E-state index contributed by atoms with van der Waals surface area (Å²) in [7, 11) is 0. The van der Waals surface area contributed by atoms with E-state index in [0.29, 0.717) is 0 Å². The maximum Gasteiger partial charge on any atom is 0.141 e. The first-order valence-electron chi connectivity index (χ1n) is 5.02. The molecule has 0 fully saturated rings. The van der Waals surface area contributed by atoms with Crippen molar-refractivity contribution >= 4 is 10.9 Å². The number of hydrogen-bond acceptors (Lipinski definition) is 1. The summed E-state index contributed by atoms with van der Waals surface area (Å²) >= 11 is 0. The molecular formula is C13H9FN2. The van der Waals surface area contributed by atoms with Crippen molar-refractivity contribution in [3.63, 3.8) is 0 Å². The van der Waals surface area contributed by atoms with Gasteiger partial charge >= 0.3 is 0 Å². The average molecular weight is 212 g/mol. The fraction of sp³-hybridized carbons (Fsp3) is 0. The van der Waals surface area contributed by atoms with Gasteiger partial charge in [0.05, 0.1) is 11.9 Å². The number of rotatable bonds is 1. The number of para-hydroxylation sites is 1. The van der Waals surface area contributed by atoms with Crippen molar-refractivity contribution in [3.05, 3.63) is 54.6 Å². The molecule has 3 heteroatoms. The van der Waals surface area contributed by atoms with Crippen molar-refractivity contribution in [2.24, 2.45) is 0 Å². The number of nitrogens with zero attached hydrogens (tertiary/aromatic N) is 1. The molecule has 0 radical (unpaired) electrons. The van der Waals surface area contributed by atoms with Gasteiger partial charge in [-0.05, 0) is 18.2 Å². The second-order valence-corrected chi connectivity index (χ2v) is 3.61. The van der Waals surface area contributed by atoms with Gasteiger partial charge in [0.2, 0.25) is 0 Å². The van der Waals surface area contributed by atoms with Crippen molar-refractivity contribution in [1.29, 1.82) is 0 Å². The fourth-order valence-corrected chi connectivity index (χ4v) is 1.82. The number of aromatic amines is 1. The topological polar surface area (TPSA) is 28.7 Å². The summed E-state index contributed by atoms with van der Waals surface area (Å²) in [5.41, 5.74) is 2.83. The standard InChI is InChI=1S/C13H9FN2/c14-9-5-6-13(15-7-9)11-8-16-12-4-2-1-3-10(11)12/h1-8,16H. The van der Waals surface area contributed by atoms with Crippen LogP contribution in [0, 0.1) is 5.82 Å². The highest BCUT2D eigenvalue weighted by Gasteiger charge is 2.06. The lowest BCUT2D eigenvalue weighted by molar-refractivity contribution is 0.622. The van der Waals surface area contributed by atoms with E-state index >= 15 is 0 Å². The minimum absolute atomic E-state index is 0.316. The molecule has 0 aliphatic rings. The normalized spacial score (nSPS) is 10.8. The zero-order valence-electron chi connectivity index (χ0n) is 8.44. The first-order valence-corrected chi connectivity index (χ1v) is 5.02. The molecule has 78 valence electrons. The van der Waals surface area contributed by atoms with E-state index in [1.54, 1.807) is 6.07 Å². The van der Waals surface area contributed by atoms with Crippen LogP contribution in [0.2, 0.25) is 0 Å². The summed E-state index contributed by atoms with van der Waals surface area (Å²) in [5, 5.41) is 1.10. The summed E-state index contributed by atoms with van der Waals surface area (Å²) < 4.78 is 12.8. The Kier molecular flexibility index (Phi) is 1.96. The predicted octanol–water partition coefficient (Wildman–Crippen LogP) is 3.37. The van der Waals surface area contributed by atoms with Crippen LogP contribution in [0.15, 0.2) is 48.8 Å². The molecule has 0 atom stereocenters. The minimum Gasteiger partial charge on any atom is -0.360 e. The third-order valence-electron chi connectivity index (χ3n) is 2.59. The van der Waals surface area contributed by atoms with Crippen molar-refractivity contribution < 1.29 is 4.39 Å². The lowest BCUT2D eigenvalue weighted by Crippen LogP contribution is -1.82. The van der Waals surface area contributed by atoms with Gasteiger partial charge in [-0.2, -0.15) is 0 Å². The van der Waals surface area contributed by atoms with Crippen LogP contribution in [0.25, 0.3) is 22.2 Å². The van der Waals surface area contributed by atoms with E-state index in [2.05, 4.69) is 9.97 Å². The Morgan fingerprint density at radius 3 is 2.75 bits per heavy atom. The molecule has 0 unspecified atom stereocenters. The smallest absolute Gasteiger partial charge is 0.141 e. The molecule has 2 heterocycles. The van der Waals surface area contributed by atoms with Gasteiger partial charge in [0.1, 0.15) is 5.82 Å². The van der Waals surface area contributed by atoms with Crippen LogP contribution in [-0.2, 0) is 0 Å². The molecule has 2 nitrogen and oxygen atoms in total. The molecule has 3 rings (SSSR count). The zero-order valence-corrected chi connectivity index (χ0v) is 8.44. The predicted molar refractivity (Wildman–Crippen MR) is 61.5 cm³/mol. The molecule has 0 bridgehead atoms. The molecule has 0 aliphatic heterocycles. The molecule has 16 heavy (non-hydrogen) atoms. The number of fused-ring (bicyclic) bond motifs is 1. The minimum atomic E-state index is -0.316. The quantitative estimate of drug-likeness (QED) is 0.658. The molecule has 1 aromatic carbocycles. The highest BCUT2D eigenvalue weighted by atomic mass is 19.1. The van der Waals surface area contributed by atoms with E-state index in [9.17, 15) is 4.39 Å². The Hall–Kier alpha value is -2.16. The van der Waals surface area contributed by atoms with Crippen molar-refractivity contribution in [2.75, 3.05) is 0 Å². The van der Waals surface area contributed by atoms with Gasteiger partial charge in [0, 0.05) is 22.7 Å². The summed E-state index contributed by atoms with van der Waals surface area (Å²) in [6.07, 6.45) is 3.13. The van der Waals surface area contributed by atoms with Crippen LogP contribution in [0.1, 0.15) is 0 Å². The van der Waals surface area contributed by atoms with Gasteiger partial charge in [0.15, 0.2) is 0 Å². The van der Waals surface area contributed by atoms with Crippen LogP contribution >= 0.6 is 0 Å². The van der Waals surface area contributed by atoms with Crippen LogP contribution in [0.4, 0.5) is 4.39 Å². The van der Waals surface area contributed by atoms with E-state index in [1.807, 2.05) is 30.5 Å². The Bertz CT molecular complexity index is 626. The largest absolute Gasteiger partial charge is 0.360 e. The Labute approximate surface area is 91.8 Å². The van der Waals surface area contributed by atoms with Gasteiger partial charge in [-0.25, -0.2) is 4.39 Å². The van der Waals surface area contributed by atoms with E-state index < -0.39 is 0 Å². The molecule has 0 aliphatic carbocycles. The zero-order chi connectivity index (χ0) is 11.0. The number of halogens is 1. The maximum absolute atomic E-state index is 12.8. The van der Waals surface area contributed by atoms with Crippen molar-refractivity contribution in [1.82, 2.24) is 9.97 Å². The summed E-state index contributed by atoms with van der Waals surface area (Å²) in [6.45, 7) is 0. The number of H-pyrrole nitrogens is 1. The molecule has 0 saturated carbocycles. The molecule has 3 aromatic rings. The summed E-state index contributed by atoms with van der Waals surface area (Å²) in [5.74, 6) is -0.316. The van der Waals surface area contributed by atoms with Gasteiger partial charge in [-0.1, -0.05) is 18.2 Å². The number of benzene rings is 1. The third kappa shape index (κ3) is 1.37.